The van der Waals surface area contributed by atoms with E-state index in [9.17, 15) is 0 Å². The molecule has 1 heterocycles. The van der Waals surface area contributed by atoms with Crippen molar-refractivity contribution in [1.29, 1.82) is 0 Å². The van der Waals surface area contributed by atoms with E-state index in [-0.39, 0.29) is 0 Å². The maximum Gasteiger partial charge on any atom is 0.0497 e. The monoisotopic (exact) mass is 239 g/mol. The first kappa shape index (κ1) is 13.4. The standard InChI is InChI=1S/C15H29NO/c1-15(2,3)12-6-7-14(16)13(9-12)11-5-4-8-17-10-11/h11-14H,4-10,16H2,1-3H3. The summed E-state index contributed by atoms with van der Waals surface area (Å²) in [5, 5.41) is 0. The molecule has 2 N–H and O–H groups in total. The quantitative estimate of drug-likeness (QED) is 0.762. The van der Waals surface area contributed by atoms with E-state index in [0.717, 1.165) is 25.0 Å². The molecule has 0 aromatic heterocycles. The van der Waals surface area contributed by atoms with Gasteiger partial charge in [-0.15, -0.1) is 0 Å². The Morgan fingerprint density at radius 3 is 2.47 bits per heavy atom. The summed E-state index contributed by atoms with van der Waals surface area (Å²) >= 11 is 0. The van der Waals surface area contributed by atoms with Crippen molar-refractivity contribution in [2.45, 2.75) is 58.9 Å². The zero-order chi connectivity index (χ0) is 12.5. The highest BCUT2D eigenvalue weighted by atomic mass is 16.5. The molecular formula is C15H29NO. The summed E-state index contributed by atoms with van der Waals surface area (Å²) in [5.41, 5.74) is 6.80. The van der Waals surface area contributed by atoms with Gasteiger partial charge in [0, 0.05) is 19.3 Å². The van der Waals surface area contributed by atoms with Gasteiger partial charge in [0.15, 0.2) is 0 Å². The van der Waals surface area contributed by atoms with E-state index >= 15 is 0 Å². The molecule has 17 heavy (non-hydrogen) atoms. The van der Waals surface area contributed by atoms with Crippen LogP contribution in [0.4, 0.5) is 0 Å². The lowest BCUT2D eigenvalue weighted by Crippen LogP contribution is -2.44. The Balaban J connectivity index is 1.99. The summed E-state index contributed by atoms with van der Waals surface area (Å²) in [6, 6.07) is 0.417. The first-order valence-electron chi connectivity index (χ1n) is 7.32. The lowest BCUT2D eigenvalue weighted by Gasteiger charge is -2.44. The van der Waals surface area contributed by atoms with E-state index in [1.54, 1.807) is 0 Å². The zero-order valence-electron chi connectivity index (χ0n) is 11.7. The fraction of sp³-hybridized carbons (Fsp3) is 1.00. The second-order valence-electron chi connectivity index (χ2n) is 7.18. The first-order chi connectivity index (χ1) is 7.98. The molecule has 4 atom stereocenters. The van der Waals surface area contributed by atoms with E-state index in [1.807, 2.05) is 0 Å². The Morgan fingerprint density at radius 2 is 1.88 bits per heavy atom. The fourth-order valence-electron chi connectivity index (χ4n) is 3.66. The van der Waals surface area contributed by atoms with Gasteiger partial charge in [-0.1, -0.05) is 20.8 Å². The zero-order valence-corrected chi connectivity index (χ0v) is 11.7. The Bertz CT molecular complexity index is 240. The second-order valence-corrected chi connectivity index (χ2v) is 7.18. The van der Waals surface area contributed by atoms with Crippen LogP contribution in [0.2, 0.25) is 0 Å². The van der Waals surface area contributed by atoms with Gasteiger partial charge in [0.1, 0.15) is 0 Å². The largest absolute Gasteiger partial charge is 0.381 e. The number of ether oxygens (including phenoxy) is 1. The van der Waals surface area contributed by atoms with Crippen molar-refractivity contribution in [3.8, 4) is 0 Å². The van der Waals surface area contributed by atoms with Crippen LogP contribution in [0.1, 0.15) is 52.9 Å². The van der Waals surface area contributed by atoms with Crippen LogP contribution in [0, 0.1) is 23.2 Å². The van der Waals surface area contributed by atoms with Gasteiger partial charge in [0.2, 0.25) is 0 Å². The minimum atomic E-state index is 0.417. The smallest absolute Gasteiger partial charge is 0.0497 e. The van der Waals surface area contributed by atoms with Gasteiger partial charge in [-0.2, -0.15) is 0 Å². The van der Waals surface area contributed by atoms with Crippen molar-refractivity contribution >= 4 is 0 Å². The van der Waals surface area contributed by atoms with Gasteiger partial charge in [-0.3, -0.25) is 0 Å². The average molecular weight is 239 g/mol. The van der Waals surface area contributed by atoms with Crippen LogP contribution < -0.4 is 5.73 Å². The van der Waals surface area contributed by atoms with Crippen molar-refractivity contribution in [2.24, 2.45) is 28.9 Å². The van der Waals surface area contributed by atoms with Crippen molar-refractivity contribution in [1.82, 2.24) is 0 Å². The summed E-state index contributed by atoms with van der Waals surface area (Å²) in [5.74, 6) is 2.27. The highest BCUT2D eigenvalue weighted by Crippen LogP contribution is 2.43. The third-order valence-corrected chi connectivity index (χ3v) is 4.98. The van der Waals surface area contributed by atoms with Gasteiger partial charge in [-0.25, -0.2) is 0 Å². The molecule has 1 saturated carbocycles. The molecule has 2 aliphatic rings. The fourth-order valence-corrected chi connectivity index (χ4v) is 3.66. The summed E-state index contributed by atoms with van der Waals surface area (Å²) in [6.45, 7) is 9.05. The van der Waals surface area contributed by atoms with Crippen molar-refractivity contribution in [3.63, 3.8) is 0 Å². The molecule has 0 spiro atoms. The third-order valence-electron chi connectivity index (χ3n) is 4.98. The van der Waals surface area contributed by atoms with Crippen molar-refractivity contribution < 1.29 is 4.74 Å². The predicted octanol–water partition coefficient (Wildman–Crippen LogP) is 3.20. The topological polar surface area (TPSA) is 35.2 Å². The van der Waals surface area contributed by atoms with Crippen molar-refractivity contribution in [3.05, 3.63) is 0 Å². The molecular weight excluding hydrogens is 210 g/mol. The van der Waals surface area contributed by atoms with Crippen molar-refractivity contribution in [2.75, 3.05) is 13.2 Å². The molecule has 4 unspecified atom stereocenters. The minimum absolute atomic E-state index is 0.417. The molecule has 0 amide bonds. The average Bonchev–Trinajstić information content (AvgIpc) is 2.29. The van der Waals surface area contributed by atoms with Gasteiger partial charge in [0.05, 0.1) is 0 Å². The molecule has 1 aliphatic heterocycles. The molecule has 1 saturated heterocycles. The Hall–Kier alpha value is -0.0800. The van der Waals surface area contributed by atoms with E-state index in [0.29, 0.717) is 17.4 Å². The molecule has 2 rings (SSSR count). The lowest BCUT2D eigenvalue weighted by molar-refractivity contribution is -0.0000977. The highest BCUT2D eigenvalue weighted by Gasteiger charge is 2.38. The predicted molar refractivity (Wildman–Crippen MR) is 71.8 cm³/mol. The summed E-state index contributed by atoms with van der Waals surface area (Å²) in [7, 11) is 0. The van der Waals surface area contributed by atoms with Crippen LogP contribution in [0.3, 0.4) is 0 Å². The summed E-state index contributed by atoms with van der Waals surface area (Å²) < 4.78 is 5.65. The van der Waals surface area contributed by atoms with Crippen LogP contribution in [-0.2, 0) is 4.74 Å². The van der Waals surface area contributed by atoms with Gasteiger partial charge >= 0.3 is 0 Å². The molecule has 100 valence electrons. The van der Waals surface area contributed by atoms with Gasteiger partial charge in [0.25, 0.3) is 0 Å². The highest BCUT2D eigenvalue weighted by molar-refractivity contribution is 4.90. The molecule has 1 aliphatic carbocycles. The van der Waals surface area contributed by atoms with Crippen LogP contribution in [0.15, 0.2) is 0 Å². The van der Waals surface area contributed by atoms with Crippen LogP contribution in [0.25, 0.3) is 0 Å². The lowest BCUT2D eigenvalue weighted by atomic mass is 9.64. The molecule has 0 bridgehead atoms. The molecule has 2 nitrogen and oxygen atoms in total. The second kappa shape index (κ2) is 5.27. The van der Waals surface area contributed by atoms with Crippen LogP contribution >= 0.6 is 0 Å². The van der Waals surface area contributed by atoms with E-state index in [4.69, 9.17) is 10.5 Å². The third kappa shape index (κ3) is 3.23. The van der Waals surface area contributed by atoms with E-state index < -0.39 is 0 Å². The molecule has 0 aromatic carbocycles. The van der Waals surface area contributed by atoms with E-state index in [1.165, 1.54) is 32.1 Å². The maximum atomic E-state index is 6.36. The van der Waals surface area contributed by atoms with Crippen LogP contribution in [0.5, 0.6) is 0 Å². The Kier molecular flexibility index (Phi) is 4.14. The minimum Gasteiger partial charge on any atom is -0.381 e. The number of rotatable bonds is 1. The molecule has 2 fully saturated rings. The maximum absolute atomic E-state index is 6.36. The van der Waals surface area contributed by atoms with Crippen LogP contribution in [-0.4, -0.2) is 19.3 Å². The molecule has 0 radical (unpaired) electrons. The number of hydrogen-bond acceptors (Lipinski definition) is 2. The molecule has 0 aromatic rings. The number of nitrogens with two attached hydrogens (primary N) is 1. The Morgan fingerprint density at radius 1 is 1.12 bits per heavy atom. The van der Waals surface area contributed by atoms with Gasteiger partial charge < -0.3 is 10.5 Å². The van der Waals surface area contributed by atoms with E-state index in [2.05, 4.69) is 20.8 Å². The molecule has 2 heteroatoms. The summed E-state index contributed by atoms with van der Waals surface area (Å²) in [6.07, 6.45) is 6.40. The number of hydrogen-bond donors (Lipinski definition) is 1. The first-order valence-corrected chi connectivity index (χ1v) is 7.32. The Labute approximate surface area is 106 Å². The normalized spacial score (nSPS) is 40.2. The van der Waals surface area contributed by atoms with Gasteiger partial charge in [-0.05, 0) is 55.3 Å². The SMILES string of the molecule is CC(C)(C)C1CCC(N)C(C2CCCOC2)C1. The summed E-state index contributed by atoms with van der Waals surface area (Å²) in [4.78, 5) is 0.